The minimum Gasteiger partial charge on any atom is -0.380 e. The predicted molar refractivity (Wildman–Crippen MR) is 74.7 cm³/mol. The first kappa shape index (κ1) is 13.2. The number of hydrogen-bond donors (Lipinski definition) is 1. The lowest BCUT2D eigenvalue weighted by molar-refractivity contribution is 0.185. The molecule has 0 saturated carbocycles. The quantitative estimate of drug-likeness (QED) is 0.779. The summed E-state index contributed by atoms with van der Waals surface area (Å²) in [6.07, 6.45) is 2.86. The van der Waals surface area contributed by atoms with E-state index in [-0.39, 0.29) is 0 Å². The van der Waals surface area contributed by atoms with Gasteiger partial charge in [-0.2, -0.15) is 0 Å². The first-order valence-electron chi connectivity index (χ1n) is 6.04. The van der Waals surface area contributed by atoms with Gasteiger partial charge in [0, 0.05) is 38.2 Å². The van der Waals surface area contributed by atoms with Gasteiger partial charge in [0.2, 0.25) is 0 Å². The van der Waals surface area contributed by atoms with Crippen LogP contribution in [0, 0.1) is 0 Å². The van der Waals surface area contributed by atoms with Crippen LogP contribution in [0.4, 0.5) is 0 Å². The van der Waals surface area contributed by atoms with Crippen molar-refractivity contribution in [2.24, 2.45) is 0 Å². The molecule has 0 saturated heterocycles. The van der Waals surface area contributed by atoms with Crippen LogP contribution in [0.2, 0.25) is 0 Å². The Balaban J connectivity index is 1.69. The minimum atomic E-state index is 0.678. The van der Waals surface area contributed by atoms with E-state index in [0.717, 1.165) is 19.5 Å². The summed E-state index contributed by atoms with van der Waals surface area (Å²) in [5.41, 5.74) is 2.51. The Morgan fingerprint density at radius 3 is 2.67 bits per heavy atom. The summed E-state index contributed by atoms with van der Waals surface area (Å²) in [6.45, 7) is 2.55. The van der Waals surface area contributed by atoms with Crippen molar-refractivity contribution in [3.05, 3.63) is 52.0 Å². The largest absolute Gasteiger partial charge is 0.380 e. The van der Waals surface area contributed by atoms with Gasteiger partial charge in [0.25, 0.3) is 0 Å². The number of nitrogens with zero attached hydrogens (tertiary/aromatic N) is 1. The average Bonchev–Trinajstić information content (AvgIpc) is 2.90. The number of aromatic nitrogens is 1. The maximum Gasteiger partial charge on any atom is 0.0937 e. The summed E-state index contributed by atoms with van der Waals surface area (Å²) in [7, 11) is 1.72. The molecule has 0 atom stereocenters. The summed E-state index contributed by atoms with van der Waals surface area (Å²) in [6, 6.07) is 8.51. The van der Waals surface area contributed by atoms with Gasteiger partial charge >= 0.3 is 0 Å². The van der Waals surface area contributed by atoms with Crippen LogP contribution < -0.4 is 5.32 Å². The first-order valence-corrected chi connectivity index (χ1v) is 6.92. The SMILES string of the molecule is COCc1ccc(CNCCc2nccs2)cc1. The van der Waals surface area contributed by atoms with Crippen LogP contribution in [0.5, 0.6) is 0 Å². The normalized spacial score (nSPS) is 10.7. The molecular formula is C14H18N2OS. The predicted octanol–water partition coefficient (Wildman–Crippen LogP) is 2.62. The summed E-state index contributed by atoms with van der Waals surface area (Å²) >= 11 is 1.71. The fraction of sp³-hybridized carbons (Fsp3) is 0.357. The Bertz CT molecular complexity index is 439. The second-order valence-corrected chi connectivity index (χ2v) is 5.08. The Hall–Kier alpha value is -1.23. The van der Waals surface area contributed by atoms with E-state index < -0.39 is 0 Å². The van der Waals surface area contributed by atoms with Gasteiger partial charge in [0.05, 0.1) is 11.6 Å². The highest BCUT2D eigenvalue weighted by Gasteiger charge is 1.97. The number of methoxy groups -OCH3 is 1. The molecule has 2 aromatic rings. The molecular weight excluding hydrogens is 244 g/mol. The third-order valence-electron chi connectivity index (χ3n) is 2.66. The highest BCUT2D eigenvalue weighted by Crippen LogP contribution is 2.06. The van der Waals surface area contributed by atoms with Crippen LogP contribution in [0.3, 0.4) is 0 Å². The minimum absolute atomic E-state index is 0.678. The molecule has 0 aliphatic rings. The van der Waals surface area contributed by atoms with Gasteiger partial charge < -0.3 is 10.1 Å². The van der Waals surface area contributed by atoms with Gasteiger partial charge in [-0.3, -0.25) is 0 Å². The molecule has 3 nitrogen and oxygen atoms in total. The molecule has 0 bridgehead atoms. The molecule has 1 N–H and O–H groups in total. The zero-order valence-electron chi connectivity index (χ0n) is 10.6. The lowest BCUT2D eigenvalue weighted by Gasteiger charge is -2.05. The summed E-state index contributed by atoms with van der Waals surface area (Å²) in [4.78, 5) is 4.26. The first-order chi connectivity index (χ1) is 8.88. The third-order valence-corrected chi connectivity index (χ3v) is 3.50. The molecule has 0 radical (unpaired) electrons. The number of ether oxygens (including phenoxy) is 1. The highest BCUT2D eigenvalue weighted by molar-refractivity contribution is 7.09. The highest BCUT2D eigenvalue weighted by atomic mass is 32.1. The van der Waals surface area contributed by atoms with Gasteiger partial charge in [0.15, 0.2) is 0 Å². The molecule has 2 rings (SSSR count). The third kappa shape index (κ3) is 4.22. The summed E-state index contributed by atoms with van der Waals surface area (Å²) in [5, 5.41) is 6.64. The summed E-state index contributed by atoms with van der Waals surface area (Å²) in [5.74, 6) is 0. The number of thiazole rings is 1. The van der Waals surface area contributed by atoms with E-state index in [4.69, 9.17) is 4.74 Å². The van der Waals surface area contributed by atoms with Crippen molar-refractivity contribution >= 4 is 11.3 Å². The van der Waals surface area contributed by atoms with Crippen molar-refractivity contribution in [3.63, 3.8) is 0 Å². The van der Waals surface area contributed by atoms with Crippen LogP contribution >= 0.6 is 11.3 Å². The van der Waals surface area contributed by atoms with Crippen LogP contribution in [-0.2, 0) is 24.3 Å². The molecule has 0 spiro atoms. The molecule has 0 fully saturated rings. The molecule has 0 unspecified atom stereocenters. The van der Waals surface area contributed by atoms with Crippen molar-refractivity contribution < 1.29 is 4.74 Å². The second kappa shape index (κ2) is 7.26. The Morgan fingerprint density at radius 2 is 2.00 bits per heavy atom. The van der Waals surface area contributed by atoms with Gasteiger partial charge in [-0.15, -0.1) is 11.3 Å². The topological polar surface area (TPSA) is 34.1 Å². The molecule has 0 aliphatic heterocycles. The van der Waals surface area contributed by atoms with Crippen LogP contribution in [-0.4, -0.2) is 18.6 Å². The van der Waals surface area contributed by atoms with E-state index in [2.05, 4.69) is 34.6 Å². The van der Waals surface area contributed by atoms with Crippen molar-refractivity contribution in [3.8, 4) is 0 Å². The van der Waals surface area contributed by atoms with Crippen molar-refractivity contribution in [2.45, 2.75) is 19.6 Å². The lowest BCUT2D eigenvalue weighted by atomic mass is 10.1. The molecule has 1 aromatic heterocycles. The van der Waals surface area contributed by atoms with E-state index in [1.807, 2.05) is 11.6 Å². The van der Waals surface area contributed by atoms with E-state index in [1.54, 1.807) is 18.4 Å². The number of nitrogens with one attached hydrogen (secondary N) is 1. The fourth-order valence-electron chi connectivity index (χ4n) is 1.72. The number of hydrogen-bond acceptors (Lipinski definition) is 4. The van der Waals surface area contributed by atoms with Crippen LogP contribution in [0.1, 0.15) is 16.1 Å². The molecule has 0 amide bonds. The van der Waals surface area contributed by atoms with E-state index in [0.29, 0.717) is 6.61 Å². The summed E-state index contributed by atoms with van der Waals surface area (Å²) < 4.78 is 5.09. The maximum atomic E-state index is 5.09. The molecule has 96 valence electrons. The zero-order chi connectivity index (χ0) is 12.6. The van der Waals surface area contributed by atoms with E-state index in [9.17, 15) is 0 Å². The van der Waals surface area contributed by atoms with Crippen molar-refractivity contribution in [1.82, 2.24) is 10.3 Å². The van der Waals surface area contributed by atoms with Crippen molar-refractivity contribution in [1.29, 1.82) is 0 Å². The van der Waals surface area contributed by atoms with E-state index in [1.165, 1.54) is 16.1 Å². The van der Waals surface area contributed by atoms with Crippen LogP contribution in [0.15, 0.2) is 35.8 Å². The lowest BCUT2D eigenvalue weighted by Crippen LogP contribution is -2.16. The second-order valence-electron chi connectivity index (χ2n) is 4.10. The Labute approximate surface area is 112 Å². The molecule has 4 heteroatoms. The zero-order valence-corrected chi connectivity index (χ0v) is 11.4. The van der Waals surface area contributed by atoms with Gasteiger partial charge in [-0.1, -0.05) is 24.3 Å². The number of rotatable bonds is 7. The van der Waals surface area contributed by atoms with Crippen LogP contribution in [0.25, 0.3) is 0 Å². The number of benzene rings is 1. The Kier molecular flexibility index (Phi) is 5.33. The molecule has 18 heavy (non-hydrogen) atoms. The smallest absolute Gasteiger partial charge is 0.0937 e. The fourth-order valence-corrected chi connectivity index (χ4v) is 2.34. The molecule has 1 heterocycles. The molecule has 1 aromatic carbocycles. The van der Waals surface area contributed by atoms with Gasteiger partial charge in [-0.05, 0) is 11.1 Å². The van der Waals surface area contributed by atoms with Gasteiger partial charge in [-0.25, -0.2) is 4.98 Å². The standard InChI is InChI=1S/C14H18N2OS/c1-17-11-13-4-2-12(3-5-13)10-15-7-6-14-16-8-9-18-14/h2-5,8-9,15H,6-7,10-11H2,1H3. The van der Waals surface area contributed by atoms with E-state index >= 15 is 0 Å². The van der Waals surface area contributed by atoms with Gasteiger partial charge in [0.1, 0.15) is 0 Å². The maximum absolute atomic E-state index is 5.09. The monoisotopic (exact) mass is 262 g/mol. The van der Waals surface area contributed by atoms with Crippen molar-refractivity contribution in [2.75, 3.05) is 13.7 Å². The Morgan fingerprint density at radius 1 is 1.22 bits per heavy atom. The molecule has 0 aliphatic carbocycles. The average molecular weight is 262 g/mol.